The third kappa shape index (κ3) is 3.18. The van der Waals surface area contributed by atoms with Gasteiger partial charge in [0.25, 0.3) is 0 Å². The number of benzene rings is 1. The zero-order valence-electron chi connectivity index (χ0n) is 13.9. The summed E-state index contributed by atoms with van der Waals surface area (Å²) in [7, 11) is 0. The van der Waals surface area contributed by atoms with E-state index in [1.165, 1.54) is 49.0 Å². The lowest BCUT2D eigenvalue weighted by Gasteiger charge is -2.26. The maximum absolute atomic E-state index is 5.79. The average molecular weight is 300 g/mol. The van der Waals surface area contributed by atoms with Crippen molar-refractivity contribution in [3.05, 3.63) is 29.1 Å². The SMILES string of the molecule is Cc1cc2nc(CCN)n(CCN3CCCCC3)c2cc1C. The number of aryl methyl sites for hydroxylation is 2. The van der Waals surface area contributed by atoms with E-state index >= 15 is 0 Å². The molecule has 0 saturated carbocycles. The van der Waals surface area contributed by atoms with Crippen LogP contribution in [-0.4, -0.2) is 40.6 Å². The smallest absolute Gasteiger partial charge is 0.111 e. The van der Waals surface area contributed by atoms with Crippen LogP contribution in [0.25, 0.3) is 11.0 Å². The summed E-state index contributed by atoms with van der Waals surface area (Å²) >= 11 is 0. The van der Waals surface area contributed by atoms with Crippen molar-refractivity contribution in [2.24, 2.45) is 5.73 Å². The summed E-state index contributed by atoms with van der Waals surface area (Å²) in [6.07, 6.45) is 4.94. The van der Waals surface area contributed by atoms with E-state index in [2.05, 4.69) is 35.4 Å². The fourth-order valence-corrected chi connectivity index (χ4v) is 3.42. The quantitative estimate of drug-likeness (QED) is 0.923. The number of aromatic nitrogens is 2. The average Bonchev–Trinajstić information content (AvgIpc) is 2.84. The monoisotopic (exact) mass is 300 g/mol. The fraction of sp³-hybridized carbons (Fsp3) is 0.611. The number of piperidine rings is 1. The zero-order chi connectivity index (χ0) is 15.5. The number of hydrogen-bond donors (Lipinski definition) is 1. The molecule has 1 aromatic heterocycles. The Kier molecular flexibility index (Phi) is 4.79. The van der Waals surface area contributed by atoms with Gasteiger partial charge in [-0.2, -0.15) is 0 Å². The largest absolute Gasteiger partial charge is 0.330 e. The van der Waals surface area contributed by atoms with Crippen molar-refractivity contribution in [3.8, 4) is 0 Å². The van der Waals surface area contributed by atoms with Gasteiger partial charge in [0.15, 0.2) is 0 Å². The second kappa shape index (κ2) is 6.80. The number of imidazole rings is 1. The molecular weight excluding hydrogens is 272 g/mol. The molecule has 0 bridgehead atoms. The Hall–Kier alpha value is -1.39. The van der Waals surface area contributed by atoms with Crippen LogP contribution >= 0.6 is 0 Å². The fourth-order valence-electron chi connectivity index (χ4n) is 3.42. The highest BCUT2D eigenvalue weighted by Crippen LogP contribution is 2.21. The minimum absolute atomic E-state index is 0.658. The molecule has 1 aromatic carbocycles. The molecule has 120 valence electrons. The van der Waals surface area contributed by atoms with E-state index in [1.807, 2.05) is 0 Å². The molecule has 0 unspecified atom stereocenters. The van der Waals surface area contributed by atoms with Crippen molar-refractivity contribution in [1.29, 1.82) is 0 Å². The number of likely N-dealkylation sites (tertiary alicyclic amines) is 1. The highest BCUT2D eigenvalue weighted by Gasteiger charge is 2.14. The van der Waals surface area contributed by atoms with E-state index < -0.39 is 0 Å². The molecule has 0 spiro atoms. The lowest BCUT2D eigenvalue weighted by molar-refractivity contribution is 0.221. The number of rotatable bonds is 5. The topological polar surface area (TPSA) is 47.1 Å². The molecule has 2 N–H and O–H groups in total. The van der Waals surface area contributed by atoms with Crippen LogP contribution in [-0.2, 0) is 13.0 Å². The summed E-state index contributed by atoms with van der Waals surface area (Å²) in [5, 5.41) is 0. The Morgan fingerprint density at radius 2 is 1.77 bits per heavy atom. The molecule has 0 amide bonds. The Balaban J connectivity index is 1.87. The molecule has 2 heterocycles. The number of fused-ring (bicyclic) bond motifs is 1. The second-order valence-corrected chi connectivity index (χ2v) is 6.55. The highest BCUT2D eigenvalue weighted by atomic mass is 15.2. The molecule has 0 atom stereocenters. The zero-order valence-corrected chi connectivity index (χ0v) is 13.9. The van der Waals surface area contributed by atoms with Gasteiger partial charge in [0.1, 0.15) is 5.82 Å². The van der Waals surface area contributed by atoms with E-state index in [0.717, 1.165) is 30.9 Å². The third-order valence-electron chi connectivity index (χ3n) is 4.90. The van der Waals surface area contributed by atoms with Gasteiger partial charge in [-0.3, -0.25) is 0 Å². The van der Waals surface area contributed by atoms with Gasteiger partial charge >= 0.3 is 0 Å². The summed E-state index contributed by atoms with van der Waals surface area (Å²) in [5.74, 6) is 1.14. The Labute approximate surface area is 133 Å². The number of nitrogens with two attached hydrogens (primary N) is 1. The van der Waals surface area contributed by atoms with Crippen molar-refractivity contribution in [3.63, 3.8) is 0 Å². The predicted molar refractivity (Wildman–Crippen MR) is 92.3 cm³/mol. The van der Waals surface area contributed by atoms with Crippen molar-refractivity contribution < 1.29 is 0 Å². The summed E-state index contributed by atoms with van der Waals surface area (Å²) < 4.78 is 2.39. The van der Waals surface area contributed by atoms with Crippen molar-refractivity contribution in [1.82, 2.24) is 14.5 Å². The van der Waals surface area contributed by atoms with Crippen LogP contribution in [0.2, 0.25) is 0 Å². The van der Waals surface area contributed by atoms with E-state index in [9.17, 15) is 0 Å². The van der Waals surface area contributed by atoms with Gasteiger partial charge in [-0.1, -0.05) is 6.42 Å². The van der Waals surface area contributed by atoms with Gasteiger partial charge in [-0.25, -0.2) is 4.98 Å². The van der Waals surface area contributed by atoms with Crippen molar-refractivity contribution in [2.75, 3.05) is 26.2 Å². The molecule has 1 saturated heterocycles. The summed E-state index contributed by atoms with van der Waals surface area (Å²) in [6.45, 7) is 9.63. The highest BCUT2D eigenvalue weighted by molar-refractivity contribution is 5.78. The van der Waals surface area contributed by atoms with Crippen molar-refractivity contribution >= 4 is 11.0 Å². The van der Waals surface area contributed by atoms with Gasteiger partial charge in [-0.05, 0) is 69.6 Å². The number of hydrogen-bond acceptors (Lipinski definition) is 3. The maximum atomic E-state index is 5.79. The van der Waals surface area contributed by atoms with Crippen LogP contribution in [0.5, 0.6) is 0 Å². The van der Waals surface area contributed by atoms with E-state index in [1.54, 1.807) is 0 Å². The van der Waals surface area contributed by atoms with Crippen LogP contribution < -0.4 is 5.73 Å². The predicted octanol–water partition coefficient (Wildman–Crippen LogP) is 2.64. The normalized spacial score (nSPS) is 16.5. The van der Waals surface area contributed by atoms with Crippen LogP contribution in [0.3, 0.4) is 0 Å². The third-order valence-corrected chi connectivity index (χ3v) is 4.90. The summed E-state index contributed by atoms with van der Waals surface area (Å²) in [5.41, 5.74) is 10.8. The molecule has 4 heteroatoms. The number of nitrogens with zero attached hydrogens (tertiary/aromatic N) is 3. The van der Waals surface area contributed by atoms with Gasteiger partial charge in [-0.15, -0.1) is 0 Å². The molecule has 1 aliphatic heterocycles. The standard InChI is InChI=1S/C18H28N4/c1-14-12-16-17(13-15(14)2)22(18(20-16)6-7-19)11-10-21-8-4-3-5-9-21/h12-13H,3-11,19H2,1-2H3. The van der Waals surface area contributed by atoms with Gasteiger partial charge in [0.2, 0.25) is 0 Å². The van der Waals surface area contributed by atoms with Crippen LogP contribution in [0, 0.1) is 13.8 Å². The molecule has 1 aliphatic rings. The molecule has 2 aromatic rings. The van der Waals surface area contributed by atoms with Crippen LogP contribution in [0.1, 0.15) is 36.2 Å². The van der Waals surface area contributed by atoms with E-state index in [4.69, 9.17) is 10.7 Å². The lowest BCUT2D eigenvalue weighted by Crippen LogP contribution is -2.32. The first kappa shape index (κ1) is 15.5. The van der Waals surface area contributed by atoms with Crippen molar-refractivity contribution in [2.45, 2.75) is 46.1 Å². The van der Waals surface area contributed by atoms with Crippen LogP contribution in [0.4, 0.5) is 0 Å². The molecule has 22 heavy (non-hydrogen) atoms. The molecule has 3 rings (SSSR count). The second-order valence-electron chi connectivity index (χ2n) is 6.55. The maximum Gasteiger partial charge on any atom is 0.111 e. The molecule has 1 fully saturated rings. The molecule has 4 nitrogen and oxygen atoms in total. The summed E-state index contributed by atoms with van der Waals surface area (Å²) in [4.78, 5) is 7.42. The molecule has 0 aliphatic carbocycles. The Bertz CT molecular complexity index is 638. The van der Waals surface area contributed by atoms with E-state index in [-0.39, 0.29) is 0 Å². The first-order chi connectivity index (χ1) is 10.7. The first-order valence-electron chi connectivity index (χ1n) is 8.58. The first-order valence-corrected chi connectivity index (χ1v) is 8.58. The Morgan fingerprint density at radius 1 is 1.05 bits per heavy atom. The lowest BCUT2D eigenvalue weighted by atomic mass is 10.1. The van der Waals surface area contributed by atoms with Gasteiger partial charge in [0.05, 0.1) is 11.0 Å². The minimum atomic E-state index is 0.658. The Morgan fingerprint density at radius 3 is 2.50 bits per heavy atom. The van der Waals surface area contributed by atoms with Crippen LogP contribution in [0.15, 0.2) is 12.1 Å². The molecular formula is C18H28N4. The van der Waals surface area contributed by atoms with Gasteiger partial charge < -0.3 is 15.2 Å². The minimum Gasteiger partial charge on any atom is -0.330 e. The van der Waals surface area contributed by atoms with Gasteiger partial charge in [0, 0.05) is 19.5 Å². The van der Waals surface area contributed by atoms with E-state index in [0.29, 0.717) is 6.54 Å². The summed E-state index contributed by atoms with van der Waals surface area (Å²) in [6, 6.07) is 4.50. The molecule has 0 radical (unpaired) electrons.